The number of rotatable bonds is 5. The fourth-order valence-corrected chi connectivity index (χ4v) is 3.63. The normalized spacial score (nSPS) is 28.1. The van der Waals surface area contributed by atoms with E-state index in [0.29, 0.717) is 12.1 Å². The van der Waals surface area contributed by atoms with E-state index in [9.17, 15) is 0 Å². The van der Waals surface area contributed by atoms with Crippen LogP contribution >= 0.6 is 0 Å². The van der Waals surface area contributed by atoms with Gasteiger partial charge in [0.15, 0.2) is 0 Å². The third-order valence-electron chi connectivity index (χ3n) is 5.16. The number of hydrogen-bond donors (Lipinski definition) is 1. The Kier molecular flexibility index (Phi) is 5.89. The van der Waals surface area contributed by atoms with Gasteiger partial charge >= 0.3 is 0 Å². The molecule has 0 aromatic rings. The topological polar surface area (TPSA) is 24.5 Å². The maximum Gasteiger partial charge on any atom is 0.0692 e. The van der Waals surface area contributed by atoms with Gasteiger partial charge in [-0.1, -0.05) is 19.8 Å². The Morgan fingerprint density at radius 3 is 2.50 bits per heavy atom. The number of nitrogens with zero attached hydrogens (tertiary/aromatic N) is 1. The van der Waals surface area contributed by atoms with E-state index in [1.54, 1.807) is 0 Å². The zero-order valence-electron chi connectivity index (χ0n) is 13.2. The van der Waals surface area contributed by atoms with Crippen molar-refractivity contribution in [1.29, 1.82) is 0 Å². The van der Waals surface area contributed by atoms with Crippen LogP contribution in [0.2, 0.25) is 0 Å². The molecular formula is C17H30N2O. The van der Waals surface area contributed by atoms with E-state index in [1.165, 1.54) is 19.3 Å². The minimum absolute atomic E-state index is 0.125. The highest BCUT2D eigenvalue weighted by Crippen LogP contribution is 2.31. The van der Waals surface area contributed by atoms with E-state index in [1.807, 2.05) is 0 Å². The van der Waals surface area contributed by atoms with Gasteiger partial charge in [-0.25, -0.2) is 0 Å². The van der Waals surface area contributed by atoms with Crippen molar-refractivity contribution in [3.8, 4) is 12.3 Å². The van der Waals surface area contributed by atoms with E-state index in [0.717, 1.165) is 45.5 Å². The Morgan fingerprint density at radius 2 is 1.90 bits per heavy atom. The highest BCUT2D eigenvalue weighted by atomic mass is 16.5. The second-order valence-corrected chi connectivity index (χ2v) is 6.35. The lowest BCUT2D eigenvalue weighted by atomic mass is 9.85. The number of hydrogen-bond acceptors (Lipinski definition) is 3. The van der Waals surface area contributed by atoms with Crippen LogP contribution in [0.15, 0.2) is 0 Å². The van der Waals surface area contributed by atoms with Gasteiger partial charge in [0.25, 0.3) is 0 Å². The maximum atomic E-state index is 6.06. The van der Waals surface area contributed by atoms with Gasteiger partial charge in [0.05, 0.1) is 12.1 Å². The molecule has 0 aromatic carbocycles. The SMILES string of the molecule is C#CCN1CCC(NC2CCOC(CC)(CC)C2)CC1. The number of piperidine rings is 1. The molecule has 0 saturated carbocycles. The van der Waals surface area contributed by atoms with Crippen LogP contribution in [-0.2, 0) is 4.74 Å². The fourth-order valence-electron chi connectivity index (χ4n) is 3.63. The van der Waals surface area contributed by atoms with Crippen molar-refractivity contribution in [2.45, 2.75) is 70.1 Å². The van der Waals surface area contributed by atoms with E-state index in [-0.39, 0.29) is 5.60 Å². The minimum Gasteiger partial charge on any atom is -0.375 e. The lowest BCUT2D eigenvalue weighted by Gasteiger charge is -2.42. The van der Waals surface area contributed by atoms with Crippen molar-refractivity contribution in [2.24, 2.45) is 0 Å². The van der Waals surface area contributed by atoms with Gasteiger partial charge in [-0.05, 0) is 38.5 Å². The van der Waals surface area contributed by atoms with Crippen LogP contribution in [0, 0.1) is 12.3 Å². The minimum atomic E-state index is 0.125. The largest absolute Gasteiger partial charge is 0.375 e. The Bertz CT molecular complexity index is 324. The molecule has 1 unspecified atom stereocenters. The standard InChI is InChI=1S/C17H30N2O/c1-4-10-19-11-7-15(8-12-19)18-16-9-13-20-17(5-2,6-3)14-16/h1,15-16,18H,5-14H2,2-3H3. The lowest BCUT2D eigenvalue weighted by molar-refractivity contribution is -0.0946. The summed E-state index contributed by atoms with van der Waals surface area (Å²) in [6, 6.07) is 1.30. The molecule has 3 nitrogen and oxygen atoms in total. The first-order valence-corrected chi connectivity index (χ1v) is 8.27. The highest BCUT2D eigenvalue weighted by molar-refractivity contribution is 4.93. The summed E-state index contributed by atoms with van der Waals surface area (Å²) >= 11 is 0. The molecule has 1 atom stereocenters. The lowest BCUT2D eigenvalue weighted by Crippen LogP contribution is -2.51. The zero-order valence-corrected chi connectivity index (χ0v) is 13.2. The monoisotopic (exact) mass is 278 g/mol. The van der Waals surface area contributed by atoms with Crippen LogP contribution in [0.3, 0.4) is 0 Å². The average molecular weight is 278 g/mol. The van der Waals surface area contributed by atoms with Crippen LogP contribution in [0.4, 0.5) is 0 Å². The Morgan fingerprint density at radius 1 is 1.20 bits per heavy atom. The third kappa shape index (κ3) is 3.97. The summed E-state index contributed by atoms with van der Waals surface area (Å²) in [5.74, 6) is 2.75. The van der Waals surface area contributed by atoms with Gasteiger partial charge in [-0.2, -0.15) is 0 Å². The summed E-state index contributed by atoms with van der Waals surface area (Å²) in [6.45, 7) is 8.50. The van der Waals surface area contributed by atoms with Crippen LogP contribution in [0.1, 0.15) is 52.4 Å². The van der Waals surface area contributed by atoms with E-state index in [2.05, 4.69) is 30.0 Å². The van der Waals surface area contributed by atoms with Gasteiger partial charge in [0, 0.05) is 31.8 Å². The predicted molar refractivity (Wildman–Crippen MR) is 83.7 cm³/mol. The molecule has 114 valence electrons. The quantitative estimate of drug-likeness (QED) is 0.782. The number of nitrogens with one attached hydrogen (secondary N) is 1. The molecule has 0 spiro atoms. The molecule has 0 aliphatic carbocycles. The number of ether oxygens (including phenoxy) is 1. The van der Waals surface area contributed by atoms with Gasteiger partial charge in [0.2, 0.25) is 0 Å². The maximum absolute atomic E-state index is 6.06. The van der Waals surface area contributed by atoms with Crippen LogP contribution in [0.5, 0.6) is 0 Å². The molecule has 0 bridgehead atoms. The predicted octanol–water partition coefficient (Wildman–Crippen LogP) is 2.41. The molecule has 3 heteroatoms. The summed E-state index contributed by atoms with van der Waals surface area (Å²) in [5.41, 5.74) is 0.125. The Labute approximate surface area is 124 Å². The Balaban J connectivity index is 1.78. The second kappa shape index (κ2) is 7.45. The fraction of sp³-hybridized carbons (Fsp3) is 0.882. The molecule has 2 fully saturated rings. The summed E-state index contributed by atoms with van der Waals surface area (Å²) in [5, 5.41) is 3.89. The summed E-state index contributed by atoms with van der Waals surface area (Å²) in [6.07, 6.45) is 12.4. The molecule has 2 aliphatic rings. The number of likely N-dealkylation sites (tertiary alicyclic amines) is 1. The summed E-state index contributed by atoms with van der Waals surface area (Å²) in [4.78, 5) is 2.38. The van der Waals surface area contributed by atoms with Crippen molar-refractivity contribution in [2.75, 3.05) is 26.2 Å². The van der Waals surface area contributed by atoms with E-state index >= 15 is 0 Å². The van der Waals surface area contributed by atoms with Crippen LogP contribution in [0.25, 0.3) is 0 Å². The molecule has 20 heavy (non-hydrogen) atoms. The Hall–Kier alpha value is -0.560. The average Bonchev–Trinajstić information content (AvgIpc) is 2.50. The van der Waals surface area contributed by atoms with Crippen molar-refractivity contribution < 1.29 is 4.74 Å². The van der Waals surface area contributed by atoms with Crippen molar-refractivity contribution in [3.63, 3.8) is 0 Å². The molecule has 2 aliphatic heterocycles. The first-order valence-electron chi connectivity index (χ1n) is 8.27. The first-order chi connectivity index (χ1) is 9.71. The van der Waals surface area contributed by atoms with Gasteiger partial charge in [-0.15, -0.1) is 6.42 Å². The summed E-state index contributed by atoms with van der Waals surface area (Å²) < 4.78 is 6.06. The molecule has 2 rings (SSSR count). The van der Waals surface area contributed by atoms with Crippen molar-refractivity contribution in [3.05, 3.63) is 0 Å². The second-order valence-electron chi connectivity index (χ2n) is 6.35. The summed E-state index contributed by atoms with van der Waals surface area (Å²) in [7, 11) is 0. The van der Waals surface area contributed by atoms with Crippen LogP contribution in [-0.4, -0.2) is 48.8 Å². The van der Waals surface area contributed by atoms with Gasteiger partial charge in [0.1, 0.15) is 0 Å². The van der Waals surface area contributed by atoms with Gasteiger partial charge in [-0.3, -0.25) is 4.90 Å². The van der Waals surface area contributed by atoms with Crippen molar-refractivity contribution >= 4 is 0 Å². The van der Waals surface area contributed by atoms with Crippen molar-refractivity contribution in [1.82, 2.24) is 10.2 Å². The van der Waals surface area contributed by atoms with E-state index in [4.69, 9.17) is 11.2 Å². The molecule has 2 heterocycles. The van der Waals surface area contributed by atoms with Gasteiger partial charge < -0.3 is 10.1 Å². The van der Waals surface area contributed by atoms with E-state index < -0.39 is 0 Å². The molecule has 1 N–H and O–H groups in total. The number of terminal acetylenes is 1. The first kappa shape index (κ1) is 15.8. The molecular weight excluding hydrogens is 248 g/mol. The molecule has 0 aromatic heterocycles. The third-order valence-corrected chi connectivity index (χ3v) is 5.16. The molecule has 0 radical (unpaired) electrons. The molecule has 0 amide bonds. The highest BCUT2D eigenvalue weighted by Gasteiger charge is 2.35. The smallest absolute Gasteiger partial charge is 0.0692 e. The zero-order chi connectivity index (χ0) is 14.4. The molecule has 2 saturated heterocycles. The van der Waals surface area contributed by atoms with Crippen LogP contribution < -0.4 is 5.32 Å².